The van der Waals surface area contributed by atoms with Gasteiger partial charge in [0, 0.05) is 0 Å². The summed E-state index contributed by atoms with van der Waals surface area (Å²) in [6.07, 6.45) is 1.97. The molecule has 0 rings (SSSR count). The smallest absolute Gasteiger partial charge is 0.412 e. The Morgan fingerprint density at radius 1 is 1.14 bits per heavy atom. The molecule has 2 N–H and O–H groups in total. The van der Waals surface area contributed by atoms with E-state index in [4.69, 9.17) is 6.15 Å². The molecule has 14 heavy (non-hydrogen) atoms. The summed E-state index contributed by atoms with van der Waals surface area (Å²) >= 11 is -2.63. The topological polar surface area (TPSA) is 84.1 Å². The van der Waals surface area contributed by atoms with Crippen molar-refractivity contribution in [1.29, 1.82) is 0 Å². The van der Waals surface area contributed by atoms with Crippen molar-refractivity contribution in [2.45, 2.75) is 38.0 Å². The van der Waals surface area contributed by atoms with Gasteiger partial charge in [-0.25, -0.2) is 0 Å². The van der Waals surface area contributed by atoms with Gasteiger partial charge in [0.05, 0.1) is 0 Å². The number of carbonyl (C=O) groups is 2. The fraction of sp³-hybridized carbons (Fsp3) is 0.750. The standard InChI is InChI=1S/C4H9.2C2H4O2.H2O.Sn/c1-3-4-2;2*1-2(3)4;;/h1,3-4H2,2H3;2*1H3,(H,3,4);1H2;/q;;;;+2/p-2. The minimum Gasteiger partial charge on any atom is -0.412 e. The molecule has 1 radical (unpaired) electrons. The molecule has 0 unspecified atom stereocenters. The van der Waals surface area contributed by atoms with Crippen LogP contribution in [-0.2, 0) is 15.7 Å². The van der Waals surface area contributed by atoms with Gasteiger partial charge < -0.3 is 5.48 Å². The Hall–Kier alpha value is -0.301. The molecule has 0 saturated heterocycles. The first-order valence-corrected chi connectivity index (χ1v) is 8.63. The molecule has 6 heteroatoms. The molecule has 0 bridgehead atoms. The van der Waals surface area contributed by atoms with Gasteiger partial charge in [0.2, 0.25) is 0 Å². The van der Waals surface area contributed by atoms with Crippen LogP contribution in [0.2, 0.25) is 4.44 Å². The van der Waals surface area contributed by atoms with Crippen molar-refractivity contribution in [3.05, 3.63) is 0 Å². The molecule has 0 aliphatic rings. The van der Waals surface area contributed by atoms with E-state index in [0.29, 0.717) is 0 Å². The zero-order chi connectivity index (χ0) is 10.3. The van der Waals surface area contributed by atoms with Crippen molar-refractivity contribution < 1.29 is 21.2 Å². The summed E-state index contributed by atoms with van der Waals surface area (Å²) in [5.74, 6) is -0.682. The van der Waals surface area contributed by atoms with E-state index >= 15 is 0 Å². The molecular formula is C8H17O5Sn. The second-order valence-electron chi connectivity index (χ2n) is 2.66. The molecule has 0 aromatic heterocycles. The molecule has 0 atom stereocenters. The van der Waals surface area contributed by atoms with E-state index in [-0.39, 0.29) is 17.4 Å². The Morgan fingerprint density at radius 2 is 1.57 bits per heavy atom. The van der Waals surface area contributed by atoms with Crippen LogP contribution in [0, 0.1) is 0 Å². The quantitative estimate of drug-likeness (QED) is 0.695. The van der Waals surface area contributed by atoms with Gasteiger partial charge in [-0.15, -0.1) is 0 Å². The van der Waals surface area contributed by atoms with E-state index < -0.39 is 20.6 Å². The van der Waals surface area contributed by atoms with E-state index in [9.17, 15) is 9.59 Å². The van der Waals surface area contributed by atoms with Crippen LogP contribution in [-0.4, -0.2) is 38.0 Å². The van der Waals surface area contributed by atoms with Crippen molar-refractivity contribution in [3.8, 4) is 0 Å². The first kappa shape index (κ1) is 16.1. The zero-order valence-electron chi connectivity index (χ0n) is 8.75. The van der Waals surface area contributed by atoms with Gasteiger partial charge in [-0.3, -0.25) is 0 Å². The Kier molecular flexibility index (Phi) is 10.7. The van der Waals surface area contributed by atoms with Crippen LogP contribution in [0.25, 0.3) is 0 Å². The van der Waals surface area contributed by atoms with Gasteiger partial charge in [0.1, 0.15) is 0 Å². The summed E-state index contributed by atoms with van der Waals surface area (Å²) in [4.78, 5) is 21.3. The average molecular weight is 312 g/mol. The molecule has 0 aromatic rings. The van der Waals surface area contributed by atoms with Crippen LogP contribution in [0.3, 0.4) is 0 Å². The molecule has 0 fully saturated rings. The predicted molar refractivity (Wildman–Crippen MR) is 52.6 cm³/mol. The summed E-state index contributed by atoms with van der Waals surface area (Å²) in [6, 6.07) is 0. The van der Waals surface area contributed by atoms with Gasteiger partial charge in [-0.2, -0.15) is 0 Å². The molecule has 0 saturated carbocycles. The molecule has 83 valence electrons. The van der Waals surface area contributed by atoms with E-state index in [2.05, 4.69) is 0 Å². The normalized spacial score (nSPS) is 9.14. The van der Waals surface area contributed by atoms with Crippen molar-refractivity contribution in [1.82, 2.24) is 0 Å². The maximum atomic E-state index is 10.6. The first-order chi connectivity index (χ1) is 6.06. The van der Waals surface area contributed by atoms with Crippen LogP contribution in [0.1, 0.15) is 33.6 Å². The number of rotatable bonds is 5. The number of unbranched alkanes of at least 4 members (excludes halogenated alkanes) is 1. The summed E-state index contributed by atoms with van der Waals surface area (Å²) in [5, 5.41) is 0. The van der Waals surface area contributed by atoms with Crippen molar-refractivity contribution in [3.63, 3.8) is 0 Å². The fourth-order valence-electron chi connectivity index (χ4n) is 0.765. The van der Waals surface area contributed by atoms with Crippen molar-refractivity contribution in [2.24, 2.45) is 0 Å². The molecular weight excluding hydrogens is 295 g/mol. The third kappa shape index (κ3) is 9.78. The predicted octanol–water partition coefficient (Wildman–Crippen LogP) is 0.576. The maximum Gasteiger partial charge on any atom is -0.412 e. The van der Waals surface area contributed by atoms with Crippen molar-refractivity contribution in [2.75, 3.05) is 0 Å². The van der Waals surface area contributed by atoms with Crippen LogP contribution >= 0.6 is 0 Å². The molecule has 5 nitrogen and oxygen atoms in total. The van der Waals surface area contributed by atoms with Crippen molar-refractivity contribution >= 4 is 32.5 Å². The third-order valence-electron chi connectivity index (χ3n) is 1.25. The van der Waals surface area contributed by atoms with E-state index in [0.717, 1.165) is 17.3 Å². The van der Waals surface area contributed by atoms with E-state index in [1.165, 1.54) is 13.8 Å². The molecule has 0 heterocycles. The van der Waals surface area contributed by atoms with Gasteiger partial charge in [-0.05, 0) is 0 Å². The number of carbonyl (C=O) groups excluding carboxylic acids is 2. The Labute approximate surface area is 91.9 Å². The average Bonchev–Trinajstić information content (AvgIpc) is 1.98. The van der Waals surface area contributed by atoms with Crippen LogP contribution in [0.5, 0.6) is 0 Å². The van der Waals surface area contributed by atoms with Crippen LogP contribution in [0.15, 0.2) is 0 Å². The second kappa shape index (κ2) is 9.26. The van der Waals surface area contributed by atoms with Gasteiger partial charge in [0.25, 0.3) is 0 Å². The SMILES string of the molecule is CCC[CH2][Sn]([O]C(C)=O)[O]C(C)=O.O. The largest absolute Gasteiger partial charge is 0.412 e. The molecule has 0 spiro atoms. The third-order valence-corrected chi connectivity index (χ3v) is 6.36. The monoisotopic (exact) mass is 313 g/mol. The van der Waals surface area contributed by atoms with Gasteiger partial charge >= 0.3 is 86.3 Å². The summed E-state index contributed by atoms with van der Waals surface area (Å²) < 4.78 is 10.7. The molecule has 0 aliphatic carbocycles. The number of hydrogen-bond acceptors (Lipinski definition) is 4. The minimum absolute atomic E-state index is 0. The van der Waals surface area contributed by atoms with Gasteiger partial charge in [0.15, 0.2) is 0 Å². The maximum absolute atomic E-state index is 10.6. The Bertz CT molecular complexity index is 167. The summed E-state index contributed by atoms with van der Waals surface area (Å²) in [6.45, 7) is 4.73. The Morgan fingerprint density at radius 3 is 1.86 bits per heavy atom. The fourth-order valence-corrected chi connectivity index (χ4v) is 5.13. The molecule has 0 aromatic carbocycles. The second-order valence-corrected chi connectivity index (χ2v) is 7.38. The minimum atomic E-state index is -2.63. The first-order valence-electron chi connectivity index (χ1n) is 4.29. The molecule has 0 aliphatic heterocycles. The van der Waals surface area contributed by atoms with E-state index in [1.807, 2.05) is 6.92 Å². The summed E-state index contributed by atoms with van der Waals surface area (Å²) in [5.41, 5.74) is 0. The van der Waals surface area contributed by atoms with Crippen LogP contribution < -0.4 is 0 Å². The van der Waals surface area contributed by atoms with Gasteiger partial charge in [-0.1, -0.05) is 0 Å². The van der Waals surface area contributed by atoms with Crippen LogP contribution in [0.4, 0.5) is 0 Å². The summed E-state index contributed by atoms with van der Waals surface area (Å²) in [7, 11) is 0. The number of hydrogen-bond donors (Lipinski definition) is 0. The molecule has 0 amide bonds. The zero-order valence-corrected chi connectivity index (χ0v) is 11.6. The van der Waals surface area contributed by atoms with E-state index in [1.54, 1.807) is 0 Å². The Balaban J connectivity index is 0.